The van der Waals surface area contributed by atoms with Gasteiger partial charge in [-0.1, -0.05) is 16.9 Å². The molecule has 5 heteroatoms. The van der Waals surface area contributed by atoms with Crippen molar-refractivity contribution in [2.45, 2.75) is 18.6 Å². The molecule has 0 aromatic heterocycles. The van der Waals surface area contributed by atoms with Gasteiger partial charge in [0.2, 0.25) is 0 Å². The maximum Gasteiger partial charge on any atom is 0.135 e. The van der Waals surface area contributed by atoms with Crippen LogP contribution < -0.4 is 0 Å². The van der Waals surface area contributed by atoms with E-state index in [1.165, 1.54) is 11.8 Å². The third kappa shape index (κ3) is 1.70. The largest absolute Gasteiger partial charge is 0.410 e. The summed E-state index contributed by atoms with van der Waals surface area (Å²) >= 11 is 3.05. The highest BCUT2D eigenvalue weighted by atomic mass is 32.2. The van der Waals surface area contributed by atoms with Gasteiger partial charge in [-0.25, -0.2) is 0 Å². The van der Waals surface area contributed by atoms with Gasteiger partial charge < -0.3 is 5.21 Å². The monoisotopic (exact) mass is 190 g/mol. The van der Waals surface area contributed by atoms with E-state index < -0.39 is 0 Å². The van der Waals surface area contributed by atoms with E-state index in [1.807, 2.05) is 13.8 Å². The zero-order chi connectivity index (χ0) is 8.48. The summed E-state index contributed by atoms with van der Waals surface area (Å²) in [5.41, 5.74) is 0. The van der Waals surface area contributed by atoms with Gasteiger partial charge in [-0.3, -0.25) is 4.99 Å². The zero-order valence-corrected chi connectivity index (χ0v) is 8.29. The molecule has 1 aliphatic heterocycles. The Morgan fingerprint density at radius 3 is 2.36 bits per heavy atom. The molecule has 0 atom stereocenters. The van der Waals surface area contributed by atoms with Crippen molar-refractivity contribution in [3.63, 3.8) is 0 Å². The van der Waals surface area contributed by atoms with Crippen LogP contribution in [0.3, 0.4) is 0 Å². The van der Waals surface area contributed by atoms with Crippen LogP contribution >= 0.6 is 23.5 Å². The minimum atomic E-state index is -0.117. The Kier molecular flexibility index (Phi) is 2.49. The van der Waals surface area contributed by atoms with Crippen molar-refractivity contribution in [3.05, 3.63) is 0 Å². The number of hydrogen-bond donors (Lipinski definition) is 1. The molecule has 0 aromatic carbocycles. The maximum absolute atomic E-state index is 8.61. The SMILES string of the molecule is CN=C1SC(=NO)C(C)(C)S1. The van der Waals surface area contributed by atoms with Gasteiger partial charge >= 0.3 is 0 Å². The first-order chi connectivity index (χ1) is 5.10. The van der Waals surface area contributed by atoms with Gasteiger partial charge in [-0.2, -0.15) is 0 Å². The molecule has 62 valence electrons. The number of aliphatic imine (C=N–C) groups is 1. The number of oxime groups is 1. The van der Waals surface area contributed by atoms with Crippen LogP contribution in [-0.2, 0) is 0 Å². The molecule has 0 aliphatic carbocycles. The van der Waals surface area contributed by atoms with Gasteiger partial charge in [0.05, 0.1) is 4.75 Å². The number of hydrogen-bond acceptors (Lipinski definition) is 5. The second-order valence-corrected chi connectivity index (χ2v) is 5.46. The van der Waals surface area contributed by atoms with E-state index in [0.717, 1.165) is 9.42 Å². The predicted molar refractivity (Wildman–Crippen MR) is 51.8 cm³/mol. The molecule has 1 aliphatic rings. The Hall–Kier alpha value is -0.160. The number of rotatable bonds is 0. The molecule has 1 rings (SSSR count). The fourth-order valence-corrected chi connectivity index (χ4v) is 3.20. The second-order valence-electron chi connectivity index (χ2n) is 2.61. The van der Waals surface area contributed by atoms with E-state index in [2.05, 4.69) is 10.1 Å². The Bertz CT molecular complexity index is 223. The average Bonchev–Trinajstić information content (AvgIpc) is 2.24. The van der Waals surface area contributed by atoms with Gasteiger partial charge in [0.15, 0.2) is 0 Å². The topological polar surface area (TPSA) is 45.0 Å². The van der Waals surface area contributed by atoms with Gasteiger partial charge in [-0.05, 0) is 25.6 Å². The first-order valence-corrected chi connectivity index (χ1v) is 4.79. The molecular formula is C6H10N2OS2. The third-order valence-corrected chi connectivity index (χ3v) is 4.15. The minimum absolute atomic E-state index is 0.117. The highest BCUT2D eigenvalue weighted by Gasteiger charge is 2.37. The lowest BCUT2D eigenvalue weighted by atomic mass is 10.2. The van der Waals surface area contributed by atoms with Gasteiger partial charge in [-0.15, -0.1) is 0 Å². The van der Waals surface area contributed by atoms with Crippen molar-refractivity contribution in [1.82, 2.24) is 0 Å². The van der Waals surface area contributed by atoms with Crippen LogP contribution in [0, 0.1) is 0 Å². The highest BCUT2D eigenvalue weighted by molar-refractivity contribution is 8.50. The molecule has 11 heavy (non-hydrogen) atoms. The highest BCUT2D eigenvalue weighted by Crippen LogP contribution is 2.43. The molecule has 0 amide bonds. The molecule has 1 heterocycles. The van der Waals surface area contributed by atoms with Gasteiger partial charge in [0, 0.05) is 7.05 Å². The Balaban J connectivity index is 2.88. The summed E-state index contributed by atoms with van der Waals surface area (Å²) in [5, 5.41) is 12.6. The summed E-state index contributed by atoms with van der Waals surface area (Å²) in [4.78, 5) is 4.03. The summed E-state index contributed by atoms with van der Waals surface area (Å²) in [5.74, 6) is 0. The van der Waals surface area contributed by atoms with Crippen molar-refractivity contribution >= 4 is 32.9 Å². The third-order valence-electron chi connectivity index (χ3n) is 1.31. The van der Waals surface area contributed by atoms with Crippen LogP contribution in [0.5, 0.6) is 0 Å². The summed E-state index contributed by atoms with van der Waals surface area (Å²) in [7, 11) is 1.74. The maximum atomic E-state index is 8.61. The van der Waals surface area contributed by atoms with Crippen LogP contribution in [0.2, 0.25) is 0 Å². The molecule has 0 saturated carbocycles. The number of thioether (sulfide) groups is 2. The van der Waals surface area contributed by atoms with Crippen LogP contribution in [-0.4, -0.2) is 26.4 Å². The van der Waals surface area contributed by atoms with Crippen LogP contribution in [0.1, 0.15) is 13.8 Å². The molecular weight excluding hydrogens is 180 g/mol. The van der Waals surface area contributed by atoms with E-state index in [0.29, 0.717) is 0 Å². The number of nitrogens with zero attached hydrogens (tertiary/aromatic N) is 2. The van der Waals surface area contributed by atoms with Crippen LogP contribution in [0.15, 0.2) is 10.1 Å². The molecule has 1 saturated heterocycles. The van der Waals surface area contributed by atoms with Gasteiger partial charge in [0.25, 0.3) is 0 Å². The average molecular weight is 190 g/mol. The Morgan fingerprint density at radius 2 is 2.09 bits per heavy atom. The van der Waals surface area contributed by atoms with Crippen molar-refractivity contribution in [2.75, 3.05) is 7.05 Å². The smallest absolute Gasteiger partial charge is 0.135 e. The van der Waals surface area contributed by atoms with Gasteiger partial charge in [0.1, 0.15) is 9.42 Å². The van der Waals surface area contributed by atoms with Crippen LogP contribution in [0.25, 0.3) is 0 Å². The van der Waals surface area contributed by atoms with Crippen molar-refractivity contribution < 1.29 is 5.21 Å². The predicted octanol–water partition coefficient (Wildman–Crippen LogP) is 2.02. The molecule has 0 aromatic rings. The first-order valence-electron chi connectivity index (χ1n) is 3.16. The lowest BCUT2D eigenvalue weighted by Gasteiger charge is -2.12. The minimum Gasteiger partial charge on any atom is -0.410 e. The quantitative estimate of drug-likeness (QED) is 0.469. The zero-order valence-electron chi connectivity index (χ0n) is 6.66. The summed E-state index contributed by atoms with van der Waals surface area (Å²) < 4.78 is 0.844. The first kappa shape index (κ1) is 8.93. The van der Waals surface area contributed by atoms with E-state index in [4.69, 9.17) is 5.21 Å². The molecule has 0 bridgehead atoms. The Morgan fingerprint density at radius 1 is 1.45 bits per heavy atom. The van der Waals surface area contributed by atoms with Crippen molar-refractivity contribution in [2.24, 2.45) is 10.1 Å². The van der Waals surface area contributed by atoms with Crippen molar-refractivity contribution in [3.8, 4) is 0 Å². The lowest BCUT2D eigenvalue weighted by molar-refractivity contribution is 0.319. The van der Waals surface area contributed by atoms with E-state index in [-0.39, 0.29) is 4.75 Å². The second kappa shape index (κ2) is 3.06. The Labute approximate surface area is 74.3 Å². The summed E-state index contributed by atoms with van der Waals surface area (Å²) in [6.45, 7) is 4.02. The molecule has 0 spiro atoms. The van der Waals surface area contributed by atoms with Crippen LogP contribution in [0.4, 0.5) is 0 Å². The van der Waals surface area contributed by atoms with E-state index in [1.54, 1.807) is 18.8 Å². The van der Waals surface area contributed by atoms with Crippen molar-refractivity contribution in [1.29, 1.82) is 0 Å². The lowest BCUT2D eigenvalue weighted by Crippen LogP contribution is -2.19. The normalized spacial score (nSPS) is 30.1. The molecule has 3 nitrogen and oxygen atoms in total. The molecule has 0 unspecified atom stereocenters. The molecule has 1 fully saturated rings. The molecule has 1 N–H and O–H groups in total. The standard InChI is InChI=1S/C6H10N2OS2/c1-6(2)4(8-9)10-5(7-3)11-6/h9H,1-3H3. The fraction of sp³-hybridized carbons (Fsp3) is 0.667. The summed E-state index contributed by atoms with van der Waals surface area (Å²) in [6, 6.07) is 0. The summed E-state index contributed by atoms with van der Waals surface area (Å²) in [6.07, 6.45) is 0. The van der Waals surface area contributed by atoms with E-state index >= 15 is 0 Å². The fourth-order valence-electron chi connectivity index (χ4n) is 0.720. The molecule has 0 radical (unpaired) electrons. The van der Waals surface area contributed by atoms with E-state index in [9.17, 15) is 0 Å².